The lowest BCUT2D eigenvalue weighted by atomic mass is 9.80. The average molecular weight is 382 g/mol. The van der Waals surface area contributed by atoms with E-state index in [0.717, 1.165) is 10.9 Å². The summed E-state index contributed by atoms with van der Waals surface area (Å²) < 4.78 is 11.3. The summed E-state index contributed by atoms with van der Waals surface area (Å²) in [4.78, 5) is 32.0. The first-order valence-corrected chi connectivity index (χ1v) is 9.80. The lowest BCUT2D eigenvalue weighted by Crippen LogP contribution is -2.60. The molecule has 0 saturated carbocycles. The maximum atomic E-state index is 13.2. The second kappa shape index (κ2) is 7.17. The van der Waals surface area contributed by atoms with Gasteiger partial charge in [0.25, 0.3) is 0 Å². The monoisotopic (exact) mass is 382 g/mol. The largest absolute Gasteiger partial charge is 0.444 e. The van der Waals surface area contributed by atoms with Crippen molar-refractivity contribution < 1.29 is 19.1 Å². The zero-order valence-corrected chi connectivity index (χ0v) is 16.6. The molecule has 4 rings (SSSR count). The number of pyridine rings is 1. The summed E-state index contributed by atoms with van der Waals surface area (Å²) in [6, 6.07) is 9.24. The SMILES string of the molecule is CC(C)(C)OC(=O)N1C2COCC1CC(C(=O)c1ccc3ncccc3c1)C2. The molecule has 2 saturated heterocycles. The van der Waals surface area contributed by atoms with Crippen LogP contribution in [-0.2, 0) is 9.47 Å². The number of hydrogen-bond acceptors (Lipinski definition) is 5. The molecule has 2 atom stereocenters. The molecule has 148 valence electrons. The maximum absolute atomic E-state index is 13.2. The van der Waals surface area contributed by atoms with Crippen molar-refractivity contribution in [3.05, 3.63) is 42.1 Å². The van der Waals surface area contributed by atoms with Gasteiger partial charge in [-0.05, 0) is 57.9 Å². The Morgan fingerprint density at radius 1 is 1.14 bits per heavy atom. The number of rotatable bonds is 2. The number of aromatic nitrogens is 1. The van der Waals surface area contributed by atoms with Crippen LogP contribution in [0, 0.1) is 5.92 Å². The average Bonchev–Trinajstić information content (AvgIpc) is 2.64. The molecule has 2 aliphatic heterocycles. The van der Waals surface area contributed by atoms with Gasteiger partial charge < -0.3 is 9.47 Å². The van der Waals surface area contributed by atoms with Gasteiger partial charge in [0.2, 0.25) is 0 Å². The van der Waals surface area contributed by atoms with Gasteiger partial charge in [-0.3, -0.25) is 14.7 Å². The van der Waals surface area contributed by atoms with Crippen LogP contribution in [0.15, 0.2) is 36.5 Å². The van der Waals surface area contributed by atoms with Crippen molar-refractivity contribution in [3.63, 3.8) is 0 Å². The van der Waals surface area contributed by atoms with Gasteiger partial charge in [0.15, 0.2) is 5.78 Å². The maximum Gasteiger partial charge on any atom is 0.410 e. The van der Waals surface area contributed by atoms with Crippen molar-refractivity contribution in [3.8, 4) is 0 Å². The molecule has 2 fully saturated rings. The second-order valence-corrected chi connectivity index (χ2v) is 8.68. The van der Waals surface area contributed by atoms with Gasteiger partial charge in [0.1, 0.15) is 5.60 Å². The predicted octanol–water partition coefficient (Wildman–Crippen LogP) is 3.83. The highest BCUT2D eigenvalue weighted by molar-refractivity contribution is 6.01. The van der Waals surface area contributed by atoms with E-state index in [2.05, 4.69) is 4.98 Å². The third-order valence-electron chi connectivity index (χ3n) is 5.38. The number of Topliss-reactive ketones (excluding diaryl/α,β-unsaturated/α-hetero) is 1. The van der Waals surface area contributed by atoms with E-state index in [9.17, 15) is 9.59 Å². The fraction of sp³-hybridized carbons (Fsp3) is 0.500. The summed E-state index contributed by atoms with van der Waals surface area (Å²) in [5.41, 5.74) is 1.04. The summed E-state index contributed by atoms with van der Waals surface area (Å²) in [6.45, 7) is 6.48. The van der Waals surface area contributed by atoms with Crippen LogP contribution < -0.4 is 0 Å². The molecule has 2 unspecified atom stereocenters. The molecule has 6 heteroatoms. The Morgan fingerprint density at radius 3 is 2.54 bits per heavy atom. The number of amides is 1. The number of ketones is 1. The Morgan fingerprint density at radius 2 is 1.86 bits per heavy atom. The second-order valence-electron chi connectivity index (χ2n) is 8.68. The van der Waals surface area contributed by atoms with Gasteiger partial charge in [-0.25, -0.2) is 4.79 Å². The van der Waals surface area contributed by atoms with Gasteiger partial charge in [-0.2, -0.15) is 0 Å². The number of morpholine rings is 1. The first-order chi connectivity index (χ1) is 13.3. The van der Waals surface area contributed by atoms with E-state index < -0.39 is 5.60 Å². The van der Waals surface area contributed by atoms with Gasteiger partial charge in [0.05, 0.1) is 30.8 Å². The van der Waals surface area contributed by atoms with E-state index in [1.807, 2.05) is 51.1 Å². The number of ether oxygens (including phenoxy) is 2. The van der Waals surface area contributed by atoms with E-state index in [1.165, 1.54) is 0 Å². The van der Waals surface area contributed by atoms with Gasteiger partial charge in [0, 0.05) is 23.1 Å². The van der Waals surface area contributed by atoms with Gasteiger partial charge in [-0.1, -0.05) is 6.07 Å². The summed E-state index contributed by atoms with van der Waals surface area (Å²) in [7, 11) is 0. The smallest absolute Gasteiger partial charge is 0.410 e. The number of hydrogen-bond donors (Lipinski definition) is 0. The van der Waals surface area contributed by atoms with Crippen LogP contribution in [0.25, 0.3) is 10.9 Å². The number of fused-ring (bicyclic) bond motifs is 3. The Labute approximate surface area is 164 Å². The number of carbonyl (C=O) groups excluding carboxylic acids is 2. The van der Waals surface area contributed by atoms with Crippen LogP contribution in [0.3, 0.4) is 0 Å². The highest BCUT2D eigenvalue weighted by atomic mass is 16.6. The van der Waals surface area contributed by atoms with Gasteiger partial charge >= 0.3 is 6.09 Å². The lowest BCUT2D eigenvalue weighted by Gasteiger charge is -2.47. The Bertz CT molecular complexity index is 891. The van der Waals surface area contributed by atoms with Crippen molar-refractivity contribution in [1.29, 1.82) is 0 Å². The predicted molar refractivity (Wildman–Crippen MR) is 105 cm³/mol. The van der Waals surface area contributed by atoms with E-state index in [0.29, 0.717) is 31.6 Å². The highest BCUT2D eigenvalue weighted by Gasteiger charge is 2.45. The molecule has 6 nitrogen and oxygen atoms in total. The van der Waals surface area contributed by atoms with Gasteiger partial charge in [-0.15, -0.1) is 0 Å². The van der Waals surface area contributed by atoms with Crippen molar-refractivity contribution in [2.75, 3.05) is 13.2 Å². The number of piperidine rings is 1. The molecular formula is C22H26N2O4. The minimum absolute atomic E-state index is 0.119. The number of nitrogens with zero attached hydrogens (tertiary/aromatic N) is 2. The molecule has 0 spiro atoms. The summed E-state index contributed by atoms with van der Waals surface area (Å²) in [5.74, 6) is 0.0122. The summed E-state index contributed by atoms with van der Waals surface area (Å²) >= 11 is 0. The van der Waals surface area contributed by atoms with Crippen molar-refractivity contribution in [2.45, 2.75) is 51.3 Å². The van der Waals surface area contributed by atoms with Crippen molar-refractivity contribution >= 4 is 22.8 Å². The molecule has 0 radical (unpaired) electrons. The molecule has 1 amide bonds. The highest BCUT2D eigenvalue weighted by Crippen LogP contribution is 2.35. The summed E-state index contributed by atoms with van der Waals surface area (Å²) in [5, 5.41) is 0.961. The lowest BCUT2D eigenvalue weighted by molar-refractivity contribution is -0.0861. The molecule has 0 N–H and O–H groups in total. The molecule has 2 bridgehead atoms. The first-order valence-electron chi connectivity index (χ1n) is 9.80. The van der Waals surface area contributed by atoms with E-state index in [-0.39, 0.29) is 29.9 Å². The Kier molecular flexibility index (Phi) is 4.83. The van der Waals surface area contributed by atoms with E-state index in [4.69, 9.17) is 9.47 Å². The van der Waals surface area contributed by atoms with E-state index in [1.54, 1.807) is 11.1 Å². The van der Waals surface area contributed by atoms with Crippen LogP contribution in [0.1, 0.15) is 44.0 Å². The minimum Gasteiger partial charge on any atom is -0.444 e. The van der Waals surface area contributed by atoms with Crippen LogP contribution >= 0.6 is 0 Å². The Hall–Kier alpha value is -2.47. The topological polar surface area (TPSA) is 68.7 Å². The molecule has 0 aliphatic carbocycles. The van der Waals surface area contributed by atoms with Crippen LogP contribution in [-0.4, -0.2) is 52.7 Å². The molecular weight excluding hydrogens is 356 g/mol. The summed E-state index contributed by atoms with van der Waals surface area (Å²) in [6.07, 6.45) is 2.63. The normalized spacial score (nSPS) is 24.8. The fourth-order valence-electron chi connectivity index (χ4n) is 4.21. The Balaban J connectivity index is 1.53. The molecule has 1 aromatic carbocycles. The standard InChI is InChI=1S/C22H26N2O4/c1-22(2,3)28-21(26)24-17-10-16(11-18(24)13-27-12-17)20(25)15-6-7-19-14(9-15)5-4-8-23-19/h4-9,16-18H,10-13H2,1-3H3. The van der Waals surface area contributed by atoms with Crippen molar-refractivity contribution in [1.82, 2.24) is 9.88 Å². The van der Waals surface area contributed by atoms with E-state index >= 15 is 0 Å². The molecule has 3 heterocycles. The molecule has 1 aromatic heterocycles. The third kappa shape index (κ3) is 3.74. The van der Waals surface area contributed by atoms with Crippen LogP contribution in [0.4, 0.5) is 4.79 Å². The minimum atomic E-state index is -0.544. The quantitative estimate of drug-likeness (QED) is 0.739. The third-order valence-corrected chi connectivity index (χ3v) is 5.38. The van der Waals surface area contributed by atoms with Crippen LogP contribution in [0.5, 0.6) is 0 Å². The zero-order valence-electron chi connectivity index (χ0n) is 16.6. The zero-order chi connectivity index (χ0) is 19.9. The molecule has 28 heavy (non-hydrogen) atoms. The van der Waals surface area contributed by atoms with Crippen molar-refractivity contribution in [2.24, 2.45) is 5.92 Å². The number of carbonyl (C=O) groups is 2. The first kappa shape index (κ1) is 18.9. The fourth-order valence-corrected chi connectivity index (χ4v) is 4.21. The molecule has 2 aliphatic rings. The molecule has 2 aromatic rings. The number of benzene rings is 1. The van der Waals surface area contributed by atoms with Crippen LogP contribution in [0.2, 0.25) is 0 Å².